The number of carboxylic acid groups (broad SMARTS) is 3. The van der Waals surface area contributed by atoms with Gasteiger partial charge in [-0.15, -0.1) is 0 Å². The van der Waals surface area contributed by atoms with Crippen LogP contribution in [0.4, 0.5) is 0 Å². The minimum atomic E-state index is -1.20. The molecule has 6 N–H and O–H groups in total. The number of rotatable bonds is 46. The van der Waals surface area contributed by atoms with Crippen LogP contribution >= 0.6 is 0 Å². The minimum Gasteiger partial charge on any atom is -0.494 e. The summed E-state index contributed by atoms with van der Waals surface area (Å²) in [5, 5.41) is 36.2. The van der Waals surface area contributed by atoms with E-state index in [2.05, 4.69) is 16.0 Å². The maximum Gasteiger partial charge on any atom is 0.335 e. The first-order valence-corrected chi connectivity index (χ1v) is 23.8. The van der Waals surface area contributed by atoms with E-state index in [1.54, 1.807) is 19.2 Å². The van der Waals surface area contributed by atoms with Gasteiger partial charge in [-0.2, -0.15) is 0 Å². The summed E-state index contributed by atoms with van der Waals surface area (Å²) in [6.07, 6.45) is 9.73. The Hall–Kier alpha value is -4.82. The molecule has 0 aromatic heterocycles. The molecule has 0 aliphatic heterocycles. The highest BCUT2D eigenvalue weighted by molar-refractivity contribution is 5.88. The molecule has 1 aromatic carbocycles. The second-order valence-electron chi connectivity index (χ2n) is 16.3. The largest absolute Gasteiger partial charge is 0.494 e. The van der Waals surface area contributed by atoms with Crippen LogP contribution in [0.25, 0.3) is 0 Å². The van der Waals surface area contributed by atoms with Crippen molar-refractivity contribution in [1.29, 1.82) is 0 Å². The molecular weight excluding hydrogens is 875 g/mol. The number of benzene rings is 1. The van der Waals surface area contributed by atoms with Gasteiger partial charge in [0.25, 0.3) is 0 Å². The molecule has 0 spiro atoms. The van der Waals surface area contributed by atoms with Crippen molar-refractivity contribution in [3.63, 3.8) is 0 Å². The van der Waals surface area contributed by atoms with Gasteiger partial charge < -0.3 is 55.0 Å². The number of carbonyl (C=O) groups is 8. The van der Waals surface area contributed by atoms with Crippen LogP contribution < -0.4 is 20.7 Å². The Bertz CT molecular complexity index is 1590. The third-order valence-electron chi connectivity index (χ3n) is 10.7. The van der Waals surface area contributed by atoms with E-state index in [4.69, 9.17) is 28.8 Å². The Kier molecular flexibility index (Phi) is 35.2. The molecule has 19 heteroatoms. The second-order valence-corrected chi connectivity index (χ2v) is 16.3. The zero-order chi connectivity index (χ0) is 49.5. The van der Waals surface area contributed by atoms with Crippen LogP contribution in [-0.4, -0.2) is 148 Å². The summed E-state index contributed by atoms with van der Waals surface area (Å²) in [4.78, 5) is 95.3. The van der Waals surface area contributed by atoms with Crippen molar-refractivity contribution in [2.45, 2.75) is 141 Å². The van der Waals surface area contributed by atoms with E-state index in [-0.39, 0.29) is 132 Å². The number of carboxylic acids is 3. The molecule has 0 saturated heterocycles. The topological polar surface area (TPSA) is 279 Å². The highest BCUT2D eigenvalue weighted by Gasteiger charge is 2.23. The van der Waals surface area contributed by atoms with Gasteiger partial charge >= 0.3 is 17.9 Å². The maximum absolute atomic E-state index is 12.4. The lowest BCUT2D eigenvalue weighted by Gasteiger charge is -2.16. The molecule has 19 nitrogen and oxygen atoms in total. The van der Waals surface area contributed by atoms with E-state index in [9.17, 15) is 48.6 Å². The van der Waals surface area contributed by atoms with Crippen molar-refractivity contribution >= 4 is 47.1 Å². The van der Waals surface area contributed by atoms with Crippen LogP contribution in [0.2, 0.25) is 0 Å². The van der Waals surface area contributed by atoms with Crippen molar-refractivity contribution in [2.24, 2.45) is 5.92 Å². The third-order valence-corrected chi connectivity index (χ3v) is 10.7. The summed E-state index contributed by atoms with van der Waals surface area (Å²) >= 11 is 0. The molecule has 67 heavy (non-hydrogen) atoms. The van der Waals surface area contributed by atoms with Crippen molar-refractivity contribution in [2.75, 3.05) is 73.1 Å². The smallest absolute Gasteiger partial charge is 0.335 e. The molecule has 2 amide bonds. The van der Waals surface area contributed by atoms with Gasteiger partial charge in [-0.05, 0) is 82.7 Å². The van der Waals surface area contributed by atoms with Crippen LogP contribution in [-0.2, 0) is 52.5 Å². The van der Waals surface area contributed by atoms with Crippen LogP contribution in [0, 0.1) is 5.92 Å². The SMILES string of the molecule is CCC[C@H](NC)C(=O)CC[C@@H](CCCCCC(=O)COCCOCCNC(=O)COCCOCCCC(=O)CC[C@H](NC(=O)CCCCCCCOc1ccc(C(=O)O)cc1)C(=O)O)C(=O)O. The molecule has 3 atom stereocenters. The maximum atomic E-state index is 12.4. The predicted molar refractivity (Wildman–Crippen MR) is 247 cm³/mol. The number of carbonyl (C=O) groups excluding carboxylic acids is 5. The highest BCUT2D eigenvalue weighted by Crippen LogP contribution is 2.19. The van der Waals surface area contributed by atoms with Gasteiger partial charge in [-0.1, -0.05) is 45.4 Å². The van der Waals surface area contributed by atoms with Gasteiger partial charge in [-0.3, -0.25) is 28.8 Å². The summed E-state index contributed by atoms with van der Waals surface area (Å²) in [5.41, 5.74) is 0.192. The number of aliphatic carboxylic acids is 2. The fraction of sp³-hybridized carbons (Fsp3) is 0.708. The van der Waals surface area contributed by atoms with Crippen LogP contribution in [0.1, 0.15) is 139 Å². The van der Waals surface area contributed by atoms with Gasteiger partial charge in [-0.25, -0.2) is 9.59 Å². The van der Waals surface area contributed by atoms with Gasteiger partial charge in [0.1, 0.15) is 36.6 Å². The number of nitrogens with one attached hydrogen (secondary N) is 3. The average molecular weight is 952 g/mol. The van der Waals surface area contributed by atoms with Crippen LogP contribution in [0.5, 0.6) is 5.75 Å². The molecule has 0 unspecified atom stereocenters. The number of unbranched alkanes of at least 4 members (excludes halogenated alkanes) is 6. The quantitative estimate of drug-likeness (QED) is 0.0472. The third kappa shape index (κ3) is 32.5. The summed E-state index contributed by atoms with van der Waals surface area (Å²) in [5.74, 6) is -3.91. The molecular formula is C48H77N3O16. The summed E-state index contributed by atoms with van der Waals surface area (Å²) in [6, 6.07) is 4.81. The number of Topliss-reactive ketones (excluding diaryl/α,β-unsaturated/α-hetero) is 3. The number of aromatic carboxylic acids is 1. The lowest BCUT2D eigenvalue weighted by atomic mass is 9.93. The Labute approximate surface area is 395 Å². The molecule has 0 aliphatic carbocycles. The van der Waals surface area contributed by atoms with E-state index in [0.717, 1.165) is 38.5 Å². The van der Waals surface area contributed by atoms with E-state index in [1.165, 1.54) is 12.1 Å². The molecule has 1 rings (SSSR count). The Balaban J connectivity index is 1.97. The van der Waals surface area contributed by atoms with Crippen LogP contribution in [0.3, 0.4) is 0 Å². The monoisotopic (exact) mass is 952 g/mol. The Morgan fingerprint density at radius 1 is 0.537 bits per heavy atom. The molecule has 0 bridgehead atoms. The number of likely N-dealkylation sites (N-methyl/N-ethyl adjacent to an activating group) is 1. The average Bonchev–Trinajstić information content (AvgIpc) is 3.30. The first-order valence-electron chi connectivity index (χ1n) is 23.8. The van der Waals surface area contributed by atoms with Gasteiger partial charge in [0.15, 0.2) is 5.78 Å². The highest BCUT2D eigenvalue weighted by atomic mass is 16.5. The van der Waals surface area contributed by atoms with E-state index in [0.29, 0.717) is 63.7 Å². The number of ketones is 3. The van der Waals surface area contributed by atoms with Gasteiger partial charge in [0.2, 0.25) is 11.8 Å². The first-order chi connectivity index (χ1) is 32.3. The number of amides is 2. The van der Waals surface area contributed by atoms with Crippen molar-refractivity contribution in [1.82, 2.24) is 16.0 Å². The lowest BCUT2D eigenvalue weighted by molar-refractivity contribution is -0.143. The molecule has 1 aromatic rings. The minimum absolute atomic E-state index is 0.00717. The molecule has 0 radical (unpaired) electrons. The second kappa shape index (κ2) is 39.2. The summed E-state index contributed by atoms with van der Waals surface area (Å²) < 4.78 is 27.2. The number of ether oxygens (including phenoxy) is 5. The predicted octanol–water partition coefficient (Wildman–Crippen LogP) is 4.94. The number of hydrogen-bond donors (Lipinski definition) is 6. The zero-order valence-electron chi connectivity index (χ0n) is 39.7. The Morgan fingerprint density at radius 3 is 1.84 bits per heavy atom. The lowest BCUT2D eigenvalue weighted by Crippen LogP contribution is -2.41. The summed E-state index contributed by atoms with van der Waals surface area (Å²) in [7, 11) is 1.74. The Morgan fingerprint density at radius 2 is 1.16 bits per heavy atom. The van der Waals surface area contributed by atoms with Crippen molar-refractivity contribution < 1.29 is 77.4 Å². The van der Waals surface area contributed by atoms with Crippen molar-refractivity contribution in [3.05, 3.63) is 29.8 Å². The molecule has 0 heterocycles. The summed E-state index contributed by atoms with van der Waals surface area (Å²) in [6.45, 7) is 3.92. The molecule has 380 valence electrons. The molecule has 0 saturated carbocycles. The fourth-order valence-corrected chi connectivity index (χ4v) is 6.83. The van der Waals surface area contributed by atoms with Crippen molar-refractivity contribution in [3.8, 4) is 5.75 Å². The standard InChI is InChI=1S/C48H77N3O16/c1-3-13-41(49-2)43(54)25-20-36(46(57)58)14-8-7-9-15-39(53)34-65-32-31-64-29-26-50-45(56)35-66-33-30-63-27-12-16-38(52)21-24-42(48(61)62)51-44(55)17-10-5-4-6-11-28-67-40-22-18-37(19-23-40)47(59)60/h18-19,22-23,36,41-42,49H,3-17,20-21,24-35H2,1-2H3,(H,50,56)(H,51,55)(H,57,58)(H,59,60)(H,61,62)/t36-,41+,42+/m1/s1. The number of hydrogen-bond acceptors (Lipinski definition) is 14. The molecule has 0 aliphatic rings. The van der Waals surface area contributed by atoms with Gasteiger partial charge in [0, 0.05) is 45.3 Å². The first kappa shape index (κ1) is 60.2. The fourth-order valence-electron chi connectivity index (χ4n) is 6.83. The van der Waals surface area contributed by atoms with E-state index < -0.39 is 29.9 Å². The zero-order valence-corrected chi connectivity index (χ0v) is 39.7. The normalized spacial score (nSPS) is 12.4. The molecule has 0 fully saturated rings. The van der Waals surface area contributed by atoms with Crippen LogP contribution in [0.15, 0.2) is 24.3 Å². The van der Waals surface area contributed by atoms with Gasteiger partial charge in [0.05, 0.1) is 57.2 Å². The van der Waals surface area contributed by atoms with E-state index in [1.807, 2.05) is 6.92 Å². The van der Waals surface area contributed by atoms with E-state index >= 15 is 0 Å².